The summed E-state index contributed by atoms with van der Waals surface area (Å²) in [6, 6.07) is 9.23. The van der Waals surface area contributed by atoms with Crippen LogP contribution in [0.5, 0.6) is 0 Å². The fourth-order valence-electron chi connectivity index (χ4n) is 1.25. The maximum Gasteiger partial charge on any atom is 0.228 e. The smallest absolute Gasteiger partial charge is 0.228 e. The van der Waals surface area contributed by atoms with E-state index < -0.39 is 15.4 Å². The van der Waals surface area contributed by atoms with Crippen molar-refractivity contribution in [1.82, 2.24) is 5.32 Å². The van der Waals surface area contributed by atoms with Crippen molar-refractivity contribution in [2.24, 2.45) is 5.41 Å². The molecule has 0 aliphatic heterocycles. The quantitative estimate of drug-likeness (QED) is 0.653. The van der Waals surface area contributed by atoms with E-state index in [0.717, 1.165) is 5.69 Å². The van der Waals surface area contributed by atoms with Gasteiger partial charge in [-0.25, -0.2) is 0 Å². The number of para-hydroxylation sites is 1. The number of halogens is 3. The molecule has 0 saturated heterocycles. The molecule has 1 atom stereocenters. The molecule has 1 unspecified atom stereocenters. The highest BCUT2D eigenvalue weighted by Gasteiger charge is 2.36. The molecule has 0 bridgehead atoms. The van der Waals surface area contributed by atoms with Gasteiger partial charge in [-0.05, 0) is 12.1 Å². The number of alkyl halides is 3. The zero-order valence-electron chi connectivity index (χ0n) is 11.0. The van der Waals surface area contributed by atoms with E-state index in [1.165, 1.54) is 0 Å². The van der Waals surface area contributed by atoms with Crippen LogP contribution in [0.2, 0.25) is 0 Å². The van der Waals surface area contributed by atoms with E-state index in [1.54, 1.807) is 20.8 Å². The molecule has 1 aromatic rings. The fourth-order valence-corrected chi connectivity index (χ4v) is 1.58. The molecule has 0 spiro atoms. The Kier molecular flexibility index (Phi) is 5.36. The average molecular weight is 324 g/mol. The Bertz CT molecular complexity index is 424. The van der Waals surface area contributed by atoms with Crippen molar-refractivity contribution in [3.8, 4) is 0 Å². The van der Waals surface area contributed by atoms with E-state index in [0.29, 0.717) is 0 Å². The lowest BCUT2D eigenvalue weighted by atomic mass is 9.95. The number of rotatable bonds is 3. The molecule has 6 heteroatoms. The third-order valence-electron chi connectivity index (χ3n) is 2.37. The number of hydrogen-bond donors (Lipinski definition) is 2. The molecular formula is C13H17Cl3N2O. The number of carbonyl (C=O) groups excluding carboxylic acids is 1. The summed E-state index contributed by atoms with van der Waals surface area (Å²) < 4.78 is -1.66. The summed E-state index contributed by atoms with van der Waals surface area (Å²) in [5, 5.41) is 5.69. The zero-order chi connectivity index (χ0) is 14.7. The van der Waals surface area contributed by atoms with Gasteiger partial charge in [-0.3, -0.25) is 4.79 Å². The van der Waals surface area contributed by atoms with Gasteiger partial charge in [0.2, 0.25) is 9.70 Å². The lowest BCUT2D eigenvalue weighted by molar-refractivity contribution is -0.129. The van der Waals surface area contributed by atoms with Crippen LogP contribution in [0.25, 0.3) is 0 Å². The van der Waals surface area contributed by atoms with Crippen molar-refractivity contribution in [2.75, 3.05) is 5.32 Å². The summed E-state index contributed by atoms with van der Waals surface area (Å²) in [6.45, 7) is 5.38. The van der Waals surface area contributed by atoms with Gasteiger partial charge in [-0.2, -0.15) is 0 Å². The van der Waals surface area contributed by atoms with Gasteiger partial charge in [0.1, 0.15) is 6.17 Å². The van der Waals surface area contributed by atoms with Crippen LogP contribution in [-0.2, 0) is 4.79 Å². The van der Waals surface area contributed by atoms with E-state index in [9.17, 15) is 4.79 Å². The van der Waals surface area contributed by atoms with Crippen LogP contribution in [0.3, 0.4) is 0 Å². The molecule has 1 aromatic carbocycles. The Hall–Kier alpha value is -0.640. The second kappa shape index (κ2) is 6.21. The highest BCUT2D eigenvalue weighted by Crippen LogP contribution is 2.31. The first kappa shape index (κ1) is 16.4. The first-order valence-electron chi connectivity index (χ1n) is 5.80. The highest BCUT2D eigenvalue weighted by molar-refractivity contribution is 6.68. The summed E-state index contributed by atoms with van der Waals surface area (Å²) in [4.78, 5) is 12.0. The number of benzene rings is 1. The monoisotopic (exact) mass is 322 g/mol. The lowest BCUT2D eigenvalue weighted by Crippen LogP contribution is -2.52. The summed E-state index contributed by atoms with van der Waals surface area (Å²) in [5.41, 5.74) is 0.194. The largest absolute Gasteiger partial charge is 0.362 e. The van der Waals surface area contributed by atoms with E-state index in [2.05, 4.69) is 10.6 Å². The minimum Gasteiger partial charge on any atom is -0.362 e. The van der Waals surface area contributed by atoms with Crippen molar-refractivity contribution < 1.29 is 4.79 Å². The van der Waals surface area contributed by atoms with Gasteiger partial charge >= 0.3 is 0 Å². The Labute approximate surface area is 128 Å². The minimum atomic E-state index is -1.66. The molecule has 106 valence electrons. The molecule has 0 aromatic heterocycles. The summed E-state index contributed by atoms with van der Waals surface area (Å²) in [5.74, 6) is -0.202. The lowest BCUT2D eigenvalue weighted by Gasteiger charge is -2.30. The maximum absolute atomic E-state index is 12.0. The number of carbonyl (C=O) groups is 1. The molecule has 0 radical (unpaired) electrons. The predicted octanol–water partition coefficient (Wildman–Crippen LogP) is 3.96. The van der Waals surface area contributed by atoms with Crippen molar-refractivity contribution in [3.05, 3.63) is 30.3 Å². The molecule has 1 amide bonds. The van der Waals surface area contributed by atoms with Gasteiger partial charge in [0.05, 0.1) is 0 Å². The second-order valence-corrected chi connectivity index (χ2v) is 7.58. The Balaban J connectivity index is 2.83. The van der Waals surface area contributed by atoms with Crippen molar-refractivity contribution in [2.45, 2.75) is 30.7 Å². The second-order valence-electron chi connectivity index (χ2n) is 5.21. The molecule has 0 aliphatic carbocycles. The fraction of sp³-hybridized carbons (Fsp3) is 0.462. The van der Waals surface area contributed by atoms with Gasteiger partial charge in [-0.15, -0.1) is 0 Å². The first-order chi connectivity index (χ1) is 8.60. The average Bonchev–Trinajstić information content (AvgIpc) is 2.27. The Morgan fingerprint density at radius 1 is 1.11 bits per heavy atom. The zero-order valence-corrected chi connectivity index (χ0v) is 13.3. The Morgan fingerprint density at radius 2 is 1.63 bits per heavy atom. The standard InChI is InChI=1S/C13H17Cl3N2O/c1-12(2,3)11(19)18-10(13(14,15)16)17-9-7-5-4-6-8-9/h4-8,10,17H,1-3H3,(H,18,19). The van der Waals surface area contributed by atoms with Crippen LogP contribution in [0.15, 0.2) is 30.3 Å². The number of nitrogens with one attached hydrogen (secondary N) is 2. The highest BCUT2D eigenvalue weighted by atomic mass is 35.6. The molecular weight excluding hydrogens is 307 g/mol. The molecule has 0 fully saturated rings. The van der Waals surface area contributed by atoms with E-state index >= 15 is 0 Å². The molecule has 2 N–H and O–H groups in total. The maximum atomic E-state index is 12.0. The predicted molar refractivity (Wildman–Crippen MR) is 81.7 cm³/mol. The Morgan fingerprint density at radius 3 is 2.05 bits per heavy atom. The summed E-state index contributed by atoms with van der Waals surface area (Å²) >= 11 is 17.7. The van der Waals surface area contributed by atoms with Gasteiger partial charge in [0, 0.05) is 11.1 Å². The first-order valence-corrected chi connectivity index (χ1v) is 6.93. The van der Waals surface area contributed by atoms with E-state index in [-0.39, 0.29) is 5.91 Å². The third kappa shape index (κ3) is 5.47. The number of anilines is 1. The van der Waals surface area contributed by atoms with Crippen molar-refractivity contribution in [3.63, 3.8) is 0 Å². The number of amides is 1. The third-order valence-corrected chi connectivity index (χ3v) is 3.02. The van der Waals surface area contributed by atoms with E-state index in [1.807, 2.05) is 30.3 Å². The molecule has 3 nitrogen and oxygen atoms in total. The van der Waals surface area contributed by atoms with Gasteiger partial charge < -0.3 is 10.6 Å². The van der Waals surface area contributed by atoms with Crippen molar-refractivity contribution >= 4 is 46.4 Å². The van der Waals surface area contributed by atoms with Crippen LogP contribution in [-0.4, -0.2) is 15.9 Å². The summed E-state index contributed by atoms with van der Waals surface area (Å²) in [6.07, 6.45) is -0.813. The van der Waals surface area contributed by atoms with Crippen LogP contribution >= 0.6 is 34.8 Å². The SMILES string of the molecule is CC(C)(C)C(=O)NC(Nc1ccccc1)C(Cl)(Cl)Cl. The van der Waals surface area contributed by atoms with Crippen LogP contribution in [0.4, 0.5) is 5.69 Å². The van der Waals surface area contributed by atoms with Crippen LogP contribution in [0, 0.1) is 5.41 Å². The molecule has 0 heterocycles. The minimum absolute atomic E-state index is 0.202. The topological polar surface area (TPSA) is 41.1 Å². The van der Waals surface area contributed by atoms with Gasteiger partial charge in [-0.1, -0.05) is 73.8 Å². The number of hydrogen-bond acceptors (Lipinski definition) is 2. The molecule has 0 aliphatic rings. The molecule has 0 saturated carbocycles. The molecule has 1 rings (SSSR count). The molecule has 19 heavy (non-hydrogen) atoms. The van der Waals surface area contributed by atoms with E-state index in [4.69, 9.17) is 34.8 Å². The van der Waals surface area contributed by atoms with Crippen molar-refractivity contribution in [1.29, 1.82) is 0 Å². The summed E-state index contributed by atoms with van der Waals surface area (Å²) in [7, 11) is 0. The van der Waals surface area contributed by atoms with Gasteiger partial charge in [0.15, 0.2) is 0 Å². The van der Waals surface area contributed by atoms with Gasteiger partial charge in [0.25, 0.3) is 0 Å². The van der Waals surface area contributed by atoms with Crippen LogP contribution in [0.1, 0.15) is 20.8 Å². The normalized spacial score (nSPS) is 13.8. The van der Waals surface area contributed by atoms with Crippen LogP contribution < -0.4 is 10.6 Å².